The van der Waals surface area contributed by atoms with E-state index in [2.05, 4.69) is 4.98 Å². The molecule has 1 saturated heterocycles. The van der Waals surface area contributed by atoms with Crippen molar-refractivity contribution in [2.45, 2.75) is 26.8 Å². The number of ketones is 2. The van der Waals surface area contributed by atoms with Gasteiger partial charge in [0.05, 0.1) is 28.8 Å². The first-order valence-electron chi connectivity index (χ1n) is 11.7. The molecule has 1 atom stereocenters. The molecule has 3 heterocycles. The topological polar surface area (TPSA) is 115 Å². The van der Waals surface area contributed by atoms with Crippen LogP contribution in [0, 0.1) is 6.92 Å². The van der Waals surface area contributed by atoms with Gasteiger partial charge in [0.1, 0.15) is 24.7 Å². The number of rotatable bonds is 6. The van der Waals surface area contributed by atoms with Crippen LogP contribution in [0.3, 0.4) is 0 Å². The van der Waals surface area contributed by atoms with E-state index in [1.54, 1.807) is 49.4 Å². The third kappa shape index (κ3) is 4.33. The van der Waals surface area contributed by atoms with Gasteiger partial charge in [-0.15, -0.1) is 0 Å². The first-order valence-corrected chi connectivity index (χ1v) is 12.5. The van der Waals surface area contributed by atoms with Crippen LogP contribution in [0.1, 0.15) is 46.4 Å². The van der Waals surface area contributed by atoms with Gasteiger partial charge in [0.25, 0.3) is 5.78 Å². The molecule has 0 aliphatic carbocycles. The molecular weight excluding hydrogens is 496 g/mol. The van der Waals surface area contributed by atoms with E-state index in [1.165, 1.54) is 11.8 Å². The predicted octanol–water partition coefficient (Wildman–Crippen LogP) is 4.45. The second-order valence-electron chi connectivity index (χ2n) is 8.50. The van der Waals surface area contributed by atoms with Gasteiger partial charge < -0.3 is 19.3 Å². The summed E-state index contributed by atoms with van der Waals surface area (Å²) in [7, 11) is 0. The lowest BCUT2D eigenvalue weighted by Crippen LogP contribution is -2.29. The highest BCUT2D eigenvalue weighted by Gasteiger charge is 2.48. The lowest BCUT2D eigenvalue weighted by Gasteiger charge is -2.23. The number of hydrogen-bond donors (Lipinski definition) is 1. The predicted molar refractivity (Wildman–Crippen MR) is 137 cm³/mol. The van der Waals surface area contributed by atoms with Gasteiger partial charge in [-0.1, -0.05) is 23.5 Å². The van der Waals surface area contributed by atoms with Gasteiger partial charge in [-0.05, 0) is 49.7 Å². The fraction of sp³-hybridized carbons (Fsp3) is 0.259. The number of nitrogens with zero attached hydrogens (tertiary/aromatic N) is 2. The van der Waals surface area contributed by atoms with Gasteiger partial charge >= 0.3 is 5.91 Å². The van der Waals surface area contributed by atoms with Crippen LogP contribution in [0.2, 0.25) is 0 Å². The molecule has 0 radical (unpaired) electrons. The van der Waals surface area contributed by atoms with E-state index in [0.29, 0.717) is 58.8 Å². The zero-order valence-electron chi connectivity index (χ0n) is 20.4. The molecule has 190 valence electrons. The molecule has 9 nitrogen and oxygen atoms in total. The normalized spacial score (nSPS) is 18.2. The monoisotopic (exact) mass is 520 g/mol. The summed E-state index contributed by atoms with van der Waals surface area (Å²) >= 11 is 1.03. The zero-order valence-corrected chi connectivity index (χ0v) is 21.3. The second-order valence-corrected chi connectivity index (χ2v) is 9.48. The second kappa shape index (κ2) is 9.70. The van der Waals surface area contributed by atoms with Gasteiger partial charge in [0.15, 0.2) is 22.4 Å². The fourth-order valence-electron chi connectivity index (χ4n) is 4.44. The summed E-state index contributed by atoms with van der Waals surface area (Å²) < 4.78 is 16.8. The van der Waals surface area contributed by atoms with E-state index < -0.39 is 17.7 Å². The van der Waals surface area contributed by atoms with Crippen molar-refractivity contribution in [3.8, 4) is 17.2 Å². The van der Waals surface area contributed by atoms with Crippen molar-refractivity contribution in [2.24, 2.45) is 0 Å². The molecule has 0 spiro atoms. The van der Waals surface area contributed by atoms with Crippen LogP contribution in [0.4, 0.5) is 5.13 Å². The van der Waals surface area contributed by atoms with E-state index in [1.807, 2.05) is 6.92 Å². The van der Waals surface area contributed by atoms with E-state index in [-0.39, 0.29) is 22.2 Å². The summed E-state index contributed by atoms with van der Waals surface area (Å²) in [5.74, 6) is -0.759. The Labute approximate surface area is 216 Å². The number of fused-ring (bicyclic) bond motifs is 1. The Morgan fingerprint density at radius 3 is 2.62 bits per heavy atom. The number of ether oxygens (including phenoxy) is 3. The number of aromatic nitrogens is 1. The van der Waals surface area contributed by atoms with Crippen molar-refractivity contribution in [1.82, 2.24) is 4.98 Å². The number of aliphatic hydroxyl groups is 1. The van der Waals surface area contributed by atoms with Crippen molar-refractivity contribution in [2.75, 3.05) is 24.7 Å². The largest absolute Gasteiger partial charge is 0.507 e. The molecule has 2 aromatic carbocycles. The lowest BCUT2D eigenvalue weighted by atomic mass is 9.95. The maximum absolute atomic E-state index is 13.4. The van der Waals surface area contributed by atoms with Crippen molar-refractivity contribution in [3.63, 3.8) is 0 Å². The van der Waals surface area contributed by atoms with Crippen LogP contribution in [0.25, 0.3) is 5.76 Å². The van der Waals surface area contributed by atoms with Crippen LogP contribution in [-0.4, -0.2) is 47.4 Å². The summed E-state index contributed by atoms with van der Waals surface area (Å²) in [5, 5.41) is 11.6. The molecule has 2 aliphatic rings. The van der Waals surface area contributed by atoms with Crippen LogP contribution < -0.4 is 19.1 Å². The van der Waals surface area contributed by atoms with E-state index in [9.17, 15) is 19.5 Å². The molecule has 10 heteroatoms. The quantitative estimate of drug-likeness (QED) is 0.219. The number of benzene rings is 2. The first kappa shape index (κ1) is 24.5. The number of aliphatic hydroxyl groups excluding tert-OH is 1. The molecular formula is C27H24N2O7S. The minimum Gasteiger partial charge on any atom is -0.507 e. The Hall–Kier alpha value is -4.18. The fourth-order valence-corrected chi connectivity index (χ4v) is 5.43. The standard InChI is InChI=1S/C27H24N2O7S/c1-4-34-18-7-5-6-16(12-18)22-21(23(31)17-8-9-19-20(13-17)36-11-10-35-19)24(32)26(33)29(22)27-28-14(2)25(37-27)15(3)30/h5-9,12-13,22,31H,4,10-11H2,1-3H3/b23-21+. The molecule has 1 aromatic heterocycles. The zero-order chi connectivity index (χ0) is 26.3. The van der Waals surface area contributed by atoms with Gasteiger partial charge in [-0.2, -0.15) is 0 Å². The van der Waals surface area contributed by atoms with E-state index in [4.69, 9.17) is 14.2 Å². The van der Waals surface area contributed by atoms with Crippen LogP contribution in [-0.2, 0) is 9.59 Å². The Morgan fingerprint density at radius 1 is 1.16 bits per heavy atom. The Morgan fingerprint density at radius 2 is 1.92 bits per heavy atom. The summed E-state index contributed by atoms with van der Waals surface area (Å²) in [6, 6.07) is 10.8. The van der Waals surface area contributed by atoms with Crippen LogP contribution in [0.15, 0.2) is 48.0 Å². The molecule has 2 aliphatic heterocycles. The molecule has 1 N–H and O–H groups in total. The molecule has 0 saturated carbocycles. The summed E-state index contributed by atoms with van der Waals surface area (Å²) in [5.41, 5.74) is 1.20. The molecule has 5 rings (SSSR count). The highest BCUT2D eigenvalue weighted by Crippen LogP contribution is 2.45. The van der Waals surface area contributed by atoms with Crippen LogP contribution >= 0.6 is 11.3 Å². The maximum atomic E-state index is 13.4. The number of Topliss-reactive ketones (excluding diaryl/α,β-unsaturated/α-hetero) is 2. The van der Waals surface area contributed by atoms with Crippen molar-refractivity contribution in [1.29, 1.82) is 0 Å². The Balaban J connectivity index is 1.70. The third-order valence-corrected chi connectivity index (χ3v) is 7.31. The minimum atomic E-state index is -1.00. The maximum Gasteiger partial charge on any atom is 0.301 e. The van der Waals surface area contributed by atoms with Gasteiger partial charge in [0, 0.05) is 12.5 Å². The summed E-state index contributed by atoms with van der Waals surface area (Å²) in [6.45, 7) is 6.14. The number of thiazole rings is 1. The number of amides is 1. The van der Waals surface area contributed by atoms with Crippen LogP contribution in [0.5, 0.6) is 17.2 Å². The van der Waals surface area contributed by atoms with Gasteiger partial charge in [0.2, 0.25) is 0 Å². The summed E-state index contributed by atoms with van der Waals surface area (Å²) in [4.78, 5) is 45.0. The molecule has 0 bridgehead atoms. The SMILES string of the molecule is CCOc1cccc(C2/C(=C(\O)c3ccc4c(c3)OCCO4)C(=O)C(=O)N2c2nc(C)c(C(C)=O)s2)c1. The van der Waals surface area contributed by atoms with Gasteiger partial charge in [-0.25, -0.2) is 4.98 Å². The Kier molecular flexibility index (Phi) is 6.43. The molecule has 37 heavy (non-hydrogen) atoms. The molecule has 1 amide bonds. The third-order valence-electron chi connectivity index (χ3n) is 6.06. The molecule has 3 aromatic rings. The molecule has 1 fully saturated rings. The number of hydrogen-bond acceptors (Lipinski definition) is 9. The Bertz CT molecular complexity index is 1460. The van der Waals surface area contributed by atoms with E-state index >= 15 is 0 Å². The number of carbonyl (C=O) groups excluding carboxylic acids is 3. The number of aryl methyl sites for hydroxylation is 1. The molecule has 1 unspecified atom stereocenters. The summed E-state index contributed by atoms with van der Waals surface area (Å²) in [6.07, 6.45) is 0. The van der Waals surface area contributed by atoms with E-state index in [0.717, 1.165) is 11.3 Å². The first-order chi connectivity index (χ1) is 17.8. The number of anilines is 1. The van der Waals surface area contributed by atoms with Gasteiger partial charge in [-0.3, -0.25) is 19.3 Å². The average Bonchev–Trinajstić information content (AvgIpc) is 3.40. The van der Waals surface area contributed by atoms with Crippen molar-refractivity contribution >= 4 is 39.7 Å². The van der Waals surface area contributed by atoms with Crippen molar-refractivity contribution in [3.05, 3.63) is 69.7 Å². The highest BCUT2D eigenvalue weighted by molar-refractivity contribution is 7.18. The lowest BCUT2D eigenvalue weighted by molar-refractivity contribution is -0.132. The van der Waals surface area contributed by atoms with Crippen molar-refractivity contribution < 1.29 is 33.7 Å². The smallest absolute Gasteiger partial charge is 0.301 e. The highest BCUT2D eigenvalue weighted by atomic mass is 32.1. The minimum absolute atomic E-state index is 0.104. The average molecular weight is 521 g/mol. The number of carbonyl (C=O) groups is 3.